The fourth-order valence-electron chi connectivity index (χ4n) is 2.88. The maximum absolute atomic E-state index is 13.8. The summed E-state index contributed by atoms with van der Waals surface area (Å²) in [4.78, 5) is 21.3. The molecule has 1 fully saturated rings. The van der Waals surface area contributed by atoms with Crippen molar-refractivity contribution in [2.24, 2.45) is 0 Å². The Labute approximate surface area is 154 Å². The van der Waals surface area contributed by atoms with Gasteiger partial charge in [-0.2, -0.15) is 4.98 Å². The van der Waals surface area contributed by atoms with Crippen LogP contribution < -0.4 is 15.1 Å². The minimum atomic E-state index is -0.674. The largest absolute Gasteiger partial charge is 0.337 e. The van der Waals surface area contributed by atoms with Gasteiger partial charge in [0.2, 0.25) is 11.9 Å². The van der Waals surface area contributed by atoms with Crippen molar-refractivity contribution < 1.29 is 8.78 Å². The molecule has 1 N–H and O–H groups in total. The number of rotatable bonds is 4. The average Bonchev–Trinajstić information content (AvgIpc) is 2.72. The third-order valence-electron chi connectivity index (χ3n) is 4.26. The molecule has 0 unspecified atom stereocenters. The maximum atomic E-state index is 13.8. The molecule has 1 saturated heterocycles. The predicted octanol–water partition coefficient (Wildman–Crippen LogP) is 2.62. The number of hydrogen-bond donors (Lipinski definition) is 1. The summed E-state index contributed by atoms with van der Waals surface area (Å²) in [6.45, 7) is 2.84. The van der Waals surface area contributed by atoms with E-state index in [0.717, 1.165) is 13.1 Å². The van der Waals surface area contributed by atoms with Gasteiger partial charge in [-0.15, -0.1) is 0 Å². The fourth-order valence-corrected chi connectivity index (χ4v) is 2.88. The van der Waals surface area contributed by atoms with Gasteiger partial charge in [0, 0.05) is 44.8 Å². The van der Waals surface area contributed by atoms with Crippen LogP contribution in [0.1, 0.15) is 0 Å². The Morgan fingerprint density at radius 2 is 1.33 bits per heavy atom. The molecule has 3 aromatic rings. The van der Waals surface area contributed by atoms with Gasteiger partial charge in [-0.3, -0.25) is 0 Å². The topological polar surface area (TPSA) is 70.1 Å². The number of nitrogens with one attached hydrogen (secondary N) is 1. The van der Waals surface area contributed by atoms with Crippen molar-refractivity contribution in [2.75, 3.05) is 41.3 Å². The van der Waals surface area contributed by atoms with E-state index < -0.39 is 11.6 Å². The molecule has 1 aliphatic rings. The summed E-state index contributed by atoms with van der Waals surface area (Å²) in [6.07, 6.45) is 5.00. The second-order valence-corrected chi connectivity index (χ2v) is 5.99. The summed E-state index contributed by atoms with van der Waals surface area (Å²) in [6, 6.07) is 7.06. The molecule has 3 heterocycles. The molecule has 9 heteroatoms. The number of anilines is 4. The van der Waals surface area contributed by atoms with E-state index in [1.54, 1.807) is 30.7 Å². The van der Waals surface area contributed by atoms with E-state index >= 15 is 0 Å². The third kappa shape index (κ3) is 3.76. The molecule has 0 aliphatic carbocycles. The summed E-state index contributed by atoms with van der Waals surface area (Å²) in [7, 11) is 0. The monoisotopic (exact) mass is 369 g/mol. The van der Waals surface area contributed by atoms with Crippen molar-refractivity contribution in [3.8, 4) is 0 Å². The number of nitrogens with zero attached hydrogens (tertiary/aromatic N) is 6. The fraction of sp³-hybridized carbons (Fsp3) is 0.222. The number of aromatic nitrogens is 4. The number of hydrogen-bond acceptors (Lipinski definition) is 7. The second-order valence-electron chi connectivity index (χ2n) is 5.99. The van der Waals surface area contributed by atoms with E-state index in [9.17, 15) is 8.78 Å². The Hall–Kier alpha value is -3.36. The zero-order valence-corrected chi connectivity index (χ0v) is 14.4. The lowest BCUT2D eigenvalue weighted by atomic mass is 10.3. The predicted molar refractivity (Wildman–Crippen MR) is 98.1 cm³/mol. The van der Waals surface area contributed by atoms with E-state index in [0.29, 0.717) is 30.8 Å². The molecule has 1 aliphatic heterocycles. The van der Waals surface area contributed by atoms with Crippen LogP contribution in [0.15, 0.2) is 48.9 Å². The Morgan fingerprint density at radius 1 is 0.741 bits per heavy atom. The van der Waals surface area contributed by atoms with Crippen LogP contribution in [-0.4, -0.2) is 46.1 Å². The van der Waals surface area contributed by atoms with Crippen molar-refractivity contribution in [2.45, 2.75) is 0 Å². The normalized spacial score (nSPS) is 14.3. The van der Waals surface area contributed by atoms with Crippen molar-refractivity contribution >= 4 is 23.4 Å². The smallest absolute Gasteiger partial charge is 0.227 e. The van der Waals surface area contributed by atoms with Gasteiger partial charge in [0.15, 0.2) is 0 Å². The molecule has 4 rings (SSSR count). The average molecular weight is 369 g/mol. The maximum Gasteiger partial charge on any atom is 0.227 e. The van der Waals surface area contributed by atoms with Crippen molar-refractivity contribution in [3.05, 3.63) is 60.6 Å². The minimum Gasteiger partial charge on any atom is -0.337 e. The first-order valence-electron chi connectivity index (χ1n) is 8.52. The lowest BCUT2D eigenvalue weighted by Crippen LogP contribution is -2.47. The molecule has 0 radical (unpaired) electrons. The summed E-state index contributed by atoms with van der Waals surface area (Å²) in [5.74, 6) is 0.185. The molecule has 2 aromatic heterocycles. The van der Waals surface area contributed by atoms with Crippen LogP contribution in [0.25, 0.3) is 0 Å². The summed E-state index contributed by atoms with van der Waals surface area (Å²) in [5.41, 5.74) is -0.229. The highest BCUT2D eigenvalue weighted by Crippen LogP contribution is 2.23. The first kappa shape index (κ1) is 17.1. The van der Waals surface area contributed by atoms with Crippen LogP contribution in [0.4, 0.5) is 32.2 Å². The van der Waals surface area contributed by atoms with Crippen LogP contribution in [0.5, 0.6) is 0 Å². The molecule has 1 aromatic carbocycles. The quantitative estimate of drug-likeness (QED) is 0.758. The molecule has 0 amide bonds. The van der Waals surface area contributed by atoms with Gasteiger partial charge >= 0.3 is 0 Å². The van der Waals surface area contributed by atoms with E-state index in [4.69, 9.17) is 0 Å². The minimum absolute atomic E-state index is 0.229. The number of piperazine rings is 1. The van der Waals surface area contributed by atoms with Crippen LogP contribution in [0.2, 0.25) is 0 Å². The molecule has 0 saturated carbocycles. The summed E-state index contributed by atoms with van der Waals surface area (Å²) < 4.78 is 27.6. The highest BCUT2D eigenvalue weighted by molar-refractivity contribution is 5.58. The van der Waals surface area contributed by atoms with Crippen LogP contribution in [0.3, 0.4) is 0 Å². The van der Waals surface area contributed by atoms with Crippen LogP contribution >= 0.6 is 0 Å². The van der Waals surface area contributed by atoms with Gasteiger partial charge in [-0.25, -0.2) is 23.7 Å². The number of benzene rings is 1. The van der Waals surface area contributed by atoms with Gasteiger partial charge in [0.1, 0.15) is 23.1 Å². The first-order valence-corrected chi connectivity index (χ1v) is 8.52. The zero-order chi connectivity index (χ0) is 18.6. The van der Waals surface area contributed by atoms with E-state index in [2.05, 4.69) is 30.2 Å². The Morgan fingerprint density at radius 3 is 2.00 bits per heavy atom. The molecule has 7 nitrogen and oxygen atoms in total. The van der Waals surface area contributed by atoms with Gasteiger partial charge in [-0.05, 0) is 24.3 Å². The van der Waals surface area contributed by atoms with Crippen molar-refractivity contribution in [1.29, 1.82) is 0 Å². The van der Waals surface area contributed by atoms with Gasteiger partial charge in [-0.1, -0.05) is 6.07 Å². The van der Waals surface area contributed by atoms with E-state index in [-0.39, 0.29) is 5.69 Å². The zero-order valence-electron chi connectivity index (χ0n) is 14.4. The Bertz CT molecular complexity index is 894. The molecule has 0 spiro atoms. The highest BCUT2D eigenvalue weighted by atomic mass is 19.1. The van der Waals surface area contributed by atoms with Crippen molar-refractivity contribution in [1.82, 2.24) is 19.9 Å². The molecular formula is C18H17F2N7. The lowest BCUT2D eigenvalue weighted by Gasteiger charge is -2.34. The van der Waals surface area contributed by atoms with E-state index in [1.165, 1.54) is 18.2 Å². The second kappa shape index (κ2) is 7.48. The summed E-state index contributed by atoms with van der Waals surface area (Å²) >= 11 is 0. The first-order chi connectivity index (χ1) is 13.2. The lowest BCUT2D eigenvalue weighted by molar-refractivity contribution is 0.590. The molecule has 0 bridgehead atoms. The van der Waals surface area contributed by atoms with Gasteiger partial charge < -0.3 is 15.1 Å². The third-order valence-corrected chi connectivity index (χ3v) is 4.26. The van der Waals surface area contributed by atoms with Crippen LogP contribution in [-0.2, 0) is 0 Å². The molecule has 0 atom stereocenters. The van der Waals surface area contributed by atoms with Gasteiger partial charge in [0.25, 0.3) is 0 Å². The van der Waals surface area contributed by atoms with Crippen molar-refractivity contribution in [3.63, 3.8) is 0 Å². The SMILES string of the molecule is Fc1cccc(F)c1Nc1ccnc(N2CCN(c3ncccn3)CC2)n1. The highest BCUT2D eigenvalue weighted by Gasteiger charge is 2.21. The Kier molecular flexibility index (Phi) is 4.73. The summed E-state index contributed by atoms with van der Waals surface area (Å²) in [5, 5.41) is 2.70. The number of para-hydroxylation sites is 1. The number of halogens is 2. The Balaban J connectivity index is 1.46. The van der Waals surface area contributed by atoms with Crippen LogP contribution in [0, 0.1) is 11.6 Å². The molecule has 27 heavy (non-hydrogen) atoms. The van der Waals surface area contributed by atoms with Gasteiger partial charge in [0.05, 0.1) is 0 Å². The standard InChI is InChI=1S/C18H17F2N7/c19-13-3-1-4-14(20)16(13)24-15-5-8-23-18(25-15)27-11-9-26(10-12-27)17-21-6-2-7-22-17/h1-8H,9-12H2,(H,23,24,25). The van der Waals surface area contributed by atoms with E-state index in [1.807, 2.05) is 4.90 Å². The molecular weight excluding hydrogens is 352 g/mol. The molecule has 138 valence electrons.